The average Bonchev–Trinajstić information content (AvgIpc) is 2.88. The lowest BCUT2D eigenvalue weighted by Crippen LogP contribution is -2.17. The maximum Gasteiger partial charge on any atom is 0.255 e. The number of hydrogen-bond donors (Lipinski definition) is 2. The van der Waals surface area contributed by atoms with E-state index in [1.165, 1.54) is 12.1 Å². The molecule has 0 bridgehead atoms. The Kier molecular flexibility index (Phi) is 7.43. The van der Waals surface area contributed by atoms with Crippen LogP contribution in [0.5, 0.6) is 11.6 Å². The maximum atomic E-state index is 14.0. The van der Waals surface area contributed by atoms with E-state index in [1.54, 1.807) is 13.3 Å². The van der Waals surface area contributed by atoms with Gasteiger partial charge in [0.15, 0.2) is 0 Å². The van der Waals surface area contributed by atoms with Gasteiger partial charge < -0.3 is 20.5 Å². The van der Waals surface area contributed by atoms with E-state index in [1.807, 2.05) is 54.6 Å². The zero-order chi connectivity index (χ0) is 26.6. The number of nitrogens with two attached hydrogens (primary N) is 1. The van der Waals surface area contributed by atoms with Crippen molar-refractivity contribution in [3.63, 3.8) is 0 Å². The Bertz CT molecular complexity index is 1420. The highest BCUT2D eigenvalue weighted by molar-refractivity contribution is 6.05. The molecule has 7 heteroatoms. The van der Waals surface area contributed by atoms with Crippen molar-refractivity contribution >= 4 is 17.3 Å². The molecule has 0 aliphatic rings. The number of aromatic nitrogens is 1. The van der Waals surface area contributed by atoms with E-state index in [0.717, 1.165) is 28.3 Å². The maximum absolute atomic E-state index is 14.0. The van der Waals surface area contributed by atoms with E-state index in [2.05, 4.69) is 31.1 Å². The first-order valence-electron chi connectivity index (χ1n) is 11.9. The highest BCUT2D eigenvalue weighted by Gasteiger charge is 2.25. The Balaban J connectivity index is 1.77. The van der Waals surface area contributed by atoms with E-state index in [9.17, 15) is 9.18 Å². The molecular formula is C30H30FN3O3. The standard InChI is InChI=1S/C30H30FN3O3/c1-30(2,3)23-15-21(22-11-8-14-33-29(22)37-18-19-9-6-5-7-10-19)17-26(27(23)36-4)34-28(35)20-12-13-25(32)24(31)16-20/h5-17H,18,32H2,1-4H3,(H,34,35). The third-order valence-corrected chi connectivity index (χ3v) is 5.91. The summed E-state index contributed by atoms with van der Waals surface area (Å²) in [7, 11) is 1.56. The Morgan fingerprint density at radius 3 is 2.46 bits per heavy atom. The molecule has 0 saturated carbocycles. The molecule has 6 nitrogen and oxygen atoms in total. The summed E-state index contributed by atoms with van der Waals surface area (Å²) >= 11 is 0. The van der Waals surface area contributed by atoms with Crippen molar-refractivity contribution in [1.29, 1.82) is 0 Å². The minimum absolute atomic E-state index is 0.0224. The van der Waals surface area contributed by atoms with Gasteiger partial charge in [-0.05, 0) is 59.0 Å². The summed E-state index contributed by atoms with van der Waals surface area (Å²) in [6, 6.07) is 21.4. The number of nitrogens with zero attached hydrogens (tertiary/aromatic N) is 1. The van der Waals surface area contributed by atoms with E-state index in [4.69, 9.17) is 15.2 Å². The van der Waals surface area contributed by atoms with Crippen molar-refractivity contribution < 1.29 is 18.7 Å². The molecule has 37 heavy (non-hydrogen) atoms. The Morgan fingerprint density at radius 1 is 1.03 bits per heavy atom. The van der Waals surface area contributed by atoms with Gasteiger partial charge in [0, 0.05) is 22.9 Å². The van der Waals surface area contributed by atoms with Crippen molar-refractivity contribution in [1.82, 2.24) is 4.98 Å². The normalized spacial score (nSPS) is 11.2. The molecule has 0 aliphatic carbocycles. The number of carbonyl (C=O) groups excluding carboxylic acids is 1. The minimum atomic E-state index is -0.653. The van der Waals surface area contributed by atoms with Crippen molar-refractivity contribution in [2.24, 2.45) is 0 Å². The van der Waals surface area contributed by atoms with Crippen LogP contribution in [0.4, 0.5) is 15.8 Å². The van der Waals surface area contributed by atoms with Gasteiger partial charge in [-0.2, -0.15) is 0 Å². The predicted molar refractivity (Wildman–Crippen MR) is 144 cm³/mol. The van der Waals surface area contributed by atoms with Gasteiger partial charge in [0.05, 0.1) is 18.5 Å². The minimum Gasteiger partial charge on any atom is -0.494 e. The molecule has 1 amide bonds. The van der Waals surface area contributed by atoms with Gasteiger partial charge in [-0.15, -0.1) is 0 Å². The van der Waals surface area contributed by atoms with Crippen molar-refractivity contribution in [2.75, 3.05) is 18.2 Å². The number of amides is 1. The lowest BCUT2D eigenvalue weighted by Gasteiger charge is -2.26. The van der Waals surface area contributed by atoms with Crippen LogP contribution in [-0.4, -0.2) is 18.0 Å². The van der Waals surface area contributed by atoms with E-state index >= 15 is 0 Å². The van der Waals surface area contributed by atoms with Gasteiger partial charge in [-0.1, -0.05) is 51.1 Å². The number of nitrogen functional groups attached to an aromatic ring is 1. The molecule has 0 unspecified atom stereocenters. The van der Waals surface area contributed by atoms with Gasteiger partial charge in [-0.25, -0.2) is 9.37 Å². The first-order chi connectivity index (χ1) is 17.7. The number of carbonyl (C=O) groups is 1. The monoisotopic (exact) mass is 499 g/mol. The molecule has 190 valence electrons. The number of ether oxygens (including phenoxy) is 2. The molecule has 0 radical (unpaired) electrons. The largest absolute Gasteiger partial charge is 0.494 e. The first-order valence-corrected chi connectivity index (χ1v) is 11.9. The van der Waals surface area contributed by atoms with E-state index < -0.39 is 11.7 Å². The zero-order valence-electron chi connectivity index (χ0n) is 21.3. The van der Waals surface area contributed by atoms with Crippen LogP contribution in [0.2, 0.25) is 0 Å². The summed E-state index contributed by atoms with van der Waals surface area (Å²) in [5.74, 6) is -0.148. The van der Waals surface area contributed by atoms with Crippen LogP contribution in [0.1, 0.15) is 42.3 Å². The summed E-state index contributed by atoms with van der Waals surface area (Å²) in [5.41, 5.74) is 9.28. The highest BCUT2D eigenvalue weighted by Crippen LogP contribution is 2.42. The quantitative estimate of drug-likeness (QED) is 0.280. The number of rotatable bonds is 7. The SMILES string of the molecule is COc1c(NC(=O)c2ccc(N)c(F)c2)cc(-c2cccnc2OCc2ccccc2)cc1C(C)(C)C. The van der Waals surface area contributed by atoms with Gasteiger partial charge in [0.1, 0.15) is 18.2 Å². The third kappa shape index (κ3) is 5.89. The number of anilines is 2. The molecule has 0 atom stereocenters. The summed E-state index contributed by atoms with van der Waals surface area (Å²) in [5, 5.41) is 2.89. The summed E-state index contributed by atoms with van der Waals surface area (Å²) in [6.07, 6.45) is 1.68. The second kappa shape index (κ2) is 10.7. The average molecular weight is 500 g/mol. The highest BCUT2D eigenvalue weighted by atomic mass is 19.1. The molecule has 1 aromatic heterocycles. The second-order valence-electron chi connectivity index (χ2n) is 9.68. The summed E-state index contributed by atoms with van der Waals surface area (Å²) in [6.45, 7) is 6.54. The van der Waals surface area contributed by atoms with Gasteiger partial charge in [-0.3, -0.25) is 4.79 Å². The number of nitrogens with one attached hydrogen (secondary N) is 1. The lowest BCUT2D eigenvalue weighted by atomic mass is 9.84. The fourth-order valence-corrected chi connectivity index (χ4v) is 3.97. The van der Waals surface area contributed by atoms with E-state index in [-0.39, 0.29) is 16.7 Å². The fourth-order valence-electron chi connectivity index (χ4n) is 3.97. The molecule has 3 aromatic carbocycles. The van der Waals surface area contributed by atoms with Gasteiger partial charge in [0.25, 0.3) is 5.91 Å². The van der Waals surface area contributed by atoms with Crippen LogP contribution in [0.3, 0.4) is 0 Å². The smallest absolute Gasteiger partial charge is 0.255 e. The van der Waals surface area contributed by atoms with Gasteiger partial charge >= 0.3 is 0 Å². The van der Waals surface area contributed by atoms with Crippen molar-refractivity contribution in [3.05, 3.63) is 102 Å². The molecule has 0 saturated heterocycles. The Hall–Kier alpha value is -4.39. The number of hydrogen-bond acceptors (Lipinski definition) is 5. The van der Waals surface area contributed by atoms with Crippen LogP contribution in [0.25, 0.3) is 11.1 Å². The Labute approximate surface area is 216 Å². The predicted octanol–water partition coefficient (Wildman–Crippen LogP) is 6.61. The summed E-state index contributed by atoms with van der Waals surface area (Å²) in [4.78, 5) is 17.5. The molecule has 4 rings (SSSR count). The van der Waals surface area contributed by atoms with Crippen LogP contribution in [-0.2, 0) is 12.0 Å². The molecule has 0 aliphatic heterocycles. The van der Waals surface area contributed by atoms with Crippen LogP contribution < -0.4 is 20.5 Å². The van der Waals surface area contributed by atoms with Crippen LogP contribution >= 0.6 is 0 Å². The lowest BCUT2D eigenvalue weighted by molar-refractivity contribution is 0.102. The van der Waals surface area contributed by atoms with E-state index in [0.29, 0.717) is 23.9 Å². The number of benzene rings is 3. The summed E-state index contributed by atoms with van der Waals surface area (Å²) < 4.78 is 25.9. The number of halogens is 1. The number of pyridine rings is 1. The van der Waals surface area contributed by atoms with Gasteiger partial charge in [0.2, 0.25) is 5.88 Å². The molecule has 1 heterocycles. The molecular weight excluding hydrogens is 469 g/mol. The van der Waals surface area contributed by atoms with Crippen LogP contribution in [0.15, 0.2) is 79.0 Å². The van der Waals surface area contributed by atoms with Crippen molar-refractivity contribution in [2.45, 2.75) is 32.8 Å². The molecule has 3 N–H and O–H groups in total. The molecule has 4 aromatic rings. The third-order valence-electron chi connectivity index (χ3n) is 5.91. The topological polar surface area (TPSA) is 86.5 Å². The first kappa shape index (κ1) is 25.7. The van der Waals surface area contributed by atoms with Crippen LogP contribution in [0, 0.1) is 5.82 Å². The fraction of sp³-hybridized carbons (Fsp3) is 0.200. The number of methoxy groups -OCH3 is 1. The molecule has 0 spiro atoms. The Morgan fingerprint density at radius 2 is 1.78 bits per heavy atom. The van der Waals surface area contributed by atoms with Crippen molar-refractivity contribution in [3.8, 4) is 22.8 Å². The zero-order valence-corrected chi connectivity index (χ0v) is 21.3. The second-order valence-corrected chi connectivity index (χ2v) is 9.68. The molecule has 0 fully saturated rings.